The van der Waals surface area contributed by atoms with Crippen LogP contribution < -0.4 is 10.2 Å². The highest BCUT2D eigenvalue weighted by Gasteiger charge is 2.28. The number of nitrogens with zero attached hydrogens (tertiary/aromatic N) is 1. The maximum absolute atomic E-state index is 12.3. The van der Waals surface area contributed by atoms with E-state index >= 15 is 0 Å². The van der Waals surface area contributed by atoms with Crippen molar-refractivity contribution in [1.82, 2.24) is 5.32 Å². The smallest absolute Gasteiger partial charge is 0.226 e. The van der Waals surface area contributed by atoms with Gasteiger partial charge in [-0.05, 0) is 50.9 Å². The molecule has 2 atom stereocenters. The summed E-state index contributed by atoms with van der Waals surface area (Å²) >= 11 is 0. The molecule has 0 saturated carbocycles. The average Bonchev–Trinajstić information content (AvgIpc) is 2.49. The largest absolute Gasteiger partial charge is 0.316 e. The molecule has 1 aromatic carbocycles. The molecule has 0 radical (unpaired) electrons. The Morgan fingerprint density at radius 1 is 1.42 bits per heavy atom. The Bertz CT molecular complexity index is 398. The molecule has 1 saturated heterocycles. The van der Waals surface area contributed by atoms with Gasteiger partial charge in [-0.2, -0.15) is 0 Å². The highest BCUT2D eigenvalue weighted by molar-refractivity contribution is 5.93. The van der Waals surface area contributed by atoms with Gasteiger partial charge in [0.1, 0.15) is 0 Å². The summed E-state index contributed by atoms with van der Waals surface area (Å²) < 4.78 is 0. The molecule has 1 amide bonds. The van der Waals surface area contributed by atoms with Crippen LogP contribution in [0, 0.1) is 5.92 Å². The van der Waals surface area contributed by atoms with Gasteiger partial charge in [0.05, 0.1) is 0 Å². The second kappa shape index (κ2) is 6.71. The number of anilines is 1. The molecule has 1 N–H and O–H groups in total. The van der Waals surface area contributed by atoms with Gasteiger partial charge in [-0.3, -0.25) is 4.79 Å². The van der Waals surface area contributed by atoms with Crippen LogP contribution in [0.4, 0.5) is 5.69 Å². The number of hydrogen-bond acceptors (Lipinski definition) is 2. The van der Waals surface area contributed by atoms with Gasteiger partial charge in [0, 0.05) is 18.2 Å². The fourth-order valence-corrected chi connectivity index (χ4v) is 2.87. The van der Waals surface area contributed by atoms with Crippen LogP contribution in [0.15, 0.2) is 30.3 Å². The molecule has 1 aliphatic rings. The average molecular weight is 260 g/mol. The highest BCUT2D eigenvalue weighted by atomic mass is 16.2. The summed E-state index contributed by atoms with van der Waals surface area (Å²) in [6.07, 6.45) is 2.96. The van der Waals surface area contributed by atoms with Crippen molar-refractivity contribution < 1.29 is 4.79 Å². The summed E-state index contributed by atoms with van der Waals surface area (Å²) in [6.45, 7) is 6.24. The van der Waals surface area contributed by atoms with Gasteiger partial charge in [0.15, 0.2) is 0 Å². The molecule has 0 unspecified atom stereocenters. The molecule has 2 rings (SSSR count). The maximum atomic E-state index is 12.3. The minimum atomic E-state index is 0.212. The lowest BCUT2D eigenvalue weighted by Crippen LogP contribution is -2.47. The molecule has 1 aliphatic heterocycles. The van der Waals surface area contributed by atoms with Crippen LogP contribution in [0.25, 0.3) is 0 Å². The van der Waals surface area contributed by atoms with Crippen LogP contribution in [-0.2, 0) is 4.79 Å². The second-order valence-electron chi connectivity index (χ2n) is 5.30. The SMILES string of the molecule is CCC(=O)N(c1ccccc1)[C@H](C)[C@@H]1CCCNC1. The summed E-state index contributed by atoms with van der Waals surface area (Å²) in [7, 11) is 0. The number of nitrogens with one attached hydrogen (secondary N) is 1. The molecule has 19 heavy (non-hydrogen) atoms. The van der Waals surface area contributed by atoms with Gasteiger partial charge in [0.2, 0.25) is 5.91 Å². The predicted octanol–water partition coefficient (Wildman–Crippen LogP) is 2.82. The minimum absolute atomic E-state index is 0.212. The van der Waals surface area contributed by atoms with Gasteiger partial charge >= 0.3 is 0 Å². The van der Waals surface area contributed by atoms with Gasteiger partial charge in [-0.25, -0.2) is 0 Å². The summed E-state index contributed by atoms with van der Waals surface area (Å²) in [5.74, 6) is 0.758. The first kappa shape index (κ1) is 14.1. The molecule has 104 valence electrons. The van der Waals surface area contributed by atoms with Crippen LogP contribution in [0.3, 0.4) is 0 Å². The van der Waals surface area contributed by atoms with Crippen LogP contribution in [-0.4, -0.2) is 25.0 Å². The van der Waals surface area contributed by atoms with Crippen molar-refractivity contribution in [2.75, 3.05) is 18.0 Å². The first-order valence-electron chi connectivity index (χ1n) is 7.32. The molecular formula is C16H24N2O. The lowest BCUT2D eigenvalue weighted by molar-refractivity contribution is -0.119. The van der Waals surface area contributed by atoms with E-state index in [4.69, 9.17) is 0 Å². The second-order valence-corrected chi connectivity index (χ2v) is 5.30. The fourth-order valence-electron chi connectivity index (χ4n) is 2.87. The molecule has 3 nitrogen and oxygen atoms in total. The predicted molar refractivity (Wildman–Crippen MR) is 79.3 cm³/mol. The van der Waals surface area contributed by atoms with Gasteiger partial charge in [0.25, 0.3) is 0 Å². The molecule has 1 aromatic rings. The number of para-hydroxylation sites is 1. The molecule has 1 heterocycles. The standard InChI is InChI=1S/C16H24N2O/c1-3-16(19)18(15-9-5-4-6-10-15)13(2)14-8-7-11-17-12-14/h4-6,9-10,13-14,17H,3,7-8,11-12H2,1-2H3/t13-,14-/m1/s1. The van der Waals surface area contributed by atoms with E-state index in [1.54, 1.807) is 0 Å². The van der Waals surface area contributed by atoms with Crippen molar-refractivity contribution in [1.29, 1.82) is 0 Å². The van der Waals surface area contributed by atoms with Crippen molar-refractivity contribution in [3.05, 3.63) is 30.3 Å². The zero-order valence-electron chi connectivity index (χ0n) is 11.9. The molecule has 0 aromatic heterocycles. The van der Waals surface area contributed by atoms with Crippen molar-refractivity contribution in [3.63, 3.8) is 0 Å². The Hall–Kier alpha value is -1.35. The van der Waals surface area contributed by atoms with Crippen molar-refractivity contribution in [3.8, 4) is 0 Å². The summed E-state index contributed by atoms with van der Waals surface area (Å²) in [5, 5.41) is 3.44. The number of piperidine rings is 1. The van der Waals surface area contributed by atoms with Gasteiger partial charge < -0.3 is 10.2 Å². The number of carbonyl (C=O) groups is 1. The van der Waals surface area contributed by atoms with E-state index in [9.17, 15) is 4.79 Å². The first-order chi connectivity index (χ1) is 9.24. The van der Waals surface area contributed by atoms with Crippen molar-refractivity contribution in [2.45, 2.75) is 39.2 Å². The third kappa shape index (κ3) is 3.35. The Kier molecular flexibility index (Phi) is 4.97. The summed E-state index contributed by atoms with van der Waals surface area (Å²) in [4.78, 5) is 14.3. The third-order valence-electron chi connectivity index (χ3n) is 4.03. The Balaban J connectivity index is 2.19. The van der Waals surface area contributed by atoms with E-state index in [1.165, 1.54) is 12.8 Å². The maximum Gasteiger partial charge on any atom is 0.226 e. The number of amides is 1. The van der Waals surface area contributed by atoms with Crippen LogP contribution >= 0.6 is 0 Å². The van der Waals surface area contributed by atoms with Gasteiger partial charge in [-0.15, -0.1) is 0 Å². The van der Waals surface area contributed by atoms with E-state index in [1.807, 2.05) is 42.2 Å². The van der Waals surface area contributed by atoms with E-state index in [2.05, 4.69) is 12.2 Å². The molecule has 0 aliphatic carbocycles. The fraction of sp³-hybridized carbons (Fsp3) is 0.562. The number of rotatable bonds is 4. The monoisotopic (exact) mass is 260 g/mol. The highest BCUT2D eigenvalue weighted by Crippen LogP contribution is 2.25. The normalized spacial score (nSPS) is 20.8. The quantitative estimate of drug-likeness (QED) is 0.903. The topological polar surface area (TPSA) is 32.3 Å². The number of benzene rings is 1. The van der Waals surface area contributed by atoms with Crippen molar-refractivity contribution in [2.24, 2.45) is 5.92 Å². The summed E-state index contributed by atoms with van der Waals surface area (Å²) in [5.41, 5.74) is 1.02. The molecule has 3 heteroatoms. The van der Waals surface area contributed by atoms with Crippen LogP contribution in [0.2, 0.25) is 0 Å². The third-order valence-corrected chi connectivity index (χ3v) is 4.03. The van der Waals surface area contributed by atoms with E-state index in [-0.39, 0.29) is 11.9 Å². The molecule has 1 fully saturated rings. The van der Waals surface area contributed by atoms with E-state index in [0.717, 1.165) is 18.8 Å². The van der Waals surface area contributed by atoms with Crippen LogP contribution in [0.1, 0.15) is 33.1 Å². The van der Waals surface area contributed by atoms with E-state index < -0.39 is 0 Å². The van der Waals surface area contributed by atoms with Crippen LogP contribution in [0.5, 0.6) is 0 Å². The molecular weight excluding hydrogens is 236 g/mol. The Labute approximate surface area is 116 Å². The summed E-state index contributed by atoms with van der Waals surface area (Å²) in [6, 6.07) is 10.3. The lowest BCUT2D eigenvalue weighted by atomic mass is 9.91. The lowest BCUT2D eigenvalue weighted by Gasteiger charge is -2.37. The zero-order chi connectivity index (χ0) is 13.7. The Morgan fingerprint density at radius 3 is 2.74 bits per heavy atom. The Morgan fingerprint density at radius 2 is 2.16 bits per heavy atom. The molecule has 0 spiro atoms. The zero-order valence-corrected chi connectivity index (χ0v) is 11.9. The van der Waals surface area contributed by atoms with Crippen molar-refractivity contribution >= 4 is 11.6 Å². The van der Waals surface area contributed by atoms with E-state index in [0.29, 0.717) is 12.3 Å². The first-order valence-corrected chi connectivity index (χ1v) is 7.32. The number of carbonyl (C=O) groups excluding carboxylic acids is 1. The number of hydrogen-bond donors (Lipinski definition) is 1. The molecule has 0 bridgehead atoms. The van der Waals surface area contributed by atoms with Gasteiger partial charge in [-0.1, -0.05) is 25.1 Å². The minimum Gasteiger partial charge on any atom is -0.316 e.